The average molecular weight is 484 g/mol. The molecular formula is C22H41F2NO4P2. The van der Waals surface area contributed by atoms with Gasteiger partial charge in [-0.1, -0.05) is 32.6 Å². The Morgan fingerprint density at radius 1 is 0.935 bits per heavy atom. The van der Waals surface area contributed by atoms with Gasteiger partial charge in [-0.2, -0.15) is 8.78 Å². The number of halogens is 2. The van der Waals surface area contributed by atoms with Gasteiger partial charge in [0.15, 0.2) is 0 Å². The van der Waals surface area contributed by atoms with Crippen LogP contribution in [-0.2, 0) is 18.6 Å². The van der Waals surface area contributed by atoms with Crippen molar-refractivity contribution in [3.63, 3.8) is 0 Å². The van der Waals surface area contributed by atoms with Crippen molar-refractivity contribution in [2.75, 3.05) is 6.54 Å². The predicted octanol–water partition coefficient (Wildman–Crippen LogP) is 5.62. The Labute approximate surface area is 191 Å². The molecule has 0 aromatic carbocycles. The van der Waals surface area contributed by atoms with Gasteiger partial charge in [0, 0.05) is 51.2 Å². The second kappa shape index (κ2) is 15.6. The van der Waals surface area contributed by atoms with Gasteiger partial charge in [0.1, 0.15) is 0 Å². The molecule has 0 bridgehead atoms. The van der Waals surface area contributed by atoms with Crippen molar-refractivity contribution in [1.29, 1.82) is 0 Å². The van der Waals surface area contributed by atoms with E-state index in [1.54, 1.807) is 0 Å². The van der Waals surface area contributed by atoms with E-state index in [0.717, 1.165) is 32.1 Å². The lowest BCUT2D eigenvalue weighted by Gasteiger charge is -2.26. The Kier molecular flexibility index (Phi) is 14.5. The summed E-state index contributed by atoms with van der Waals surface area (Å²) in [5, 5.41) is 2.80. The van der Waals surface area contributed by atoms with E-state index in [4.69, 9.17) is 9.05 Å². The van der Waals surface area contributed by atoms with Crippen LogP contribution in [0.15, 0.2) is 0 Å². The van der Waals surface area contributed by atoms with Crippen LogP contribution in [0, 0.1) is 11.8 Å². The number of alkyl halides is 2. The van der Waals surface area contributed by atoms with Gasteiger partial charge in [-0.3, -0.25) is 9.59 Å². The largest absolute Gasteiger partial charge is 0.362 e. The van der Waals surface area contributed by atoms with Crippen molar-refractivity contribution >= 4 is 30.6 Å². The number of hydrogen-bond donors (Lipinski definition) is 1. The Hall–Kier alpha value is -0.220. The third-order valence-corrected chi connectivity index (χ3v) is 7.04. The molecule has 182 valence electrons. The zero-order valence-corrected chi connectivity index (χ0v) is 21.4. The first kappa shape index (κ1) is 28.8. The summed E-state index contributed by atoms with van der Waals surface area (Å²) in [5.74, 6) is -3.91. The van der Waals surface area contributed by atoms with E-state index in [-0.39, 0.29) is 42.8 Å². The summed E-state index contributed by atoms with van der Waals surface area (Å²) in [7, 11) is 4.59. The molecule has 5 nitrogen and oxygen atoms in total. The Morgan fingerprint density at radius 2 is 1.55 bits per heavy atom. The summed E-state index contributed by atoms with van der Waals surface area (Å²) >= 11 is 0. The standard InChI is InChI=1S/C22H41F2NO4P2/c1-3-5-14-22(23,24)20(26)13-12-17-16(18(28-30)15-19(17)29-31)10-8-6-7-9-11-21(27)25-4-2/h16-19H,3-15,30-31H2,1-2H3,(H,25,27). The summed E-state index contributed by atoms with van der Waals surface area (Å²) < 4.78 is 39.3. The van der Waals surface area contributed by atoms with Crippen LogP contribution >= 0.6 is 18.9 Å². The first-order chi connectivity index (χ1) is 14.8. The molecule has 0 aromatic heterocycles. The van der Waals surface area contributed by atoms with Crippen LogP contribution in [0.4, 0.5) is 8.78 Å². The molecule has 0 radical (unpaired) electrons. The maximum atomic E-state index is 14.1. The molecular weight excluding hydrogens is 442 g/mol. The molecule has 1 aliphatic carbocycles. The third kappa shape index (κ3) is 10.1. The topological polar surface area (TPSA) is 64.6 Å². The van der Waals surface area contributed by atoms with Crippen molar-refractivity contribution < 1.29 is 27.4 Å². The molecule has 0 aliphatic heterocycles. The van der Waals surface area contributed by atoms with E-state index in [0.29, 0.717) is 38.6 Å². The van der Waals surface area contributed by atoms with Crippen LogP contribution in [0.2, 0.25) is 0 Å². The number of hydrogen-bond acceptors (Lipinski definition) is 4. The lowest BCUT2D eigenvalue weighted by atomic mass is 9.84. The van der Waals surface area contributed by atoms with Crippen LogP contribution in [0.25, 0.3) is 0 Å². The highest BCUT2D eigenvalue weighted by molar-refractivity contribution is 7.10. The summed E-state index contributed by atoms with van der Waals surface area (Å²) in [6, 6.07) is 0. The van der Waals surface area contributed by atoms with E-state index >= 15 is 0 Å². The van der Waals surface area contributed by atoms with Gasteiger partial charge in [0.2, 0.25) is 11.7 Å². The molecule has 1 rings (SSSR count). The second-order valence-electron chi connectivity index (χ2n) is 8.59. The van der Waals surface area contributed by atoms with Gasteiger partial charge >= 0.3 is 5.92 Å². The molecule has 1 saturated carbocycles. The molecule has 0 saturated heterocycles. The van der Waals surface area contributed by atoms with Gasteiger partial charge in [-0.15, -0.1) is 0 Å². The van der Waals surface area contributed by atoms with E-state index in [2.05, 4.69) is 24.3 Å². The van der Waals surface area contributed by atoms with Crippen LogP contribution in [0.3, 0.4) is 0 Å². The molecule has 31 heavy (non-hydrogen) atoms. The van der Waals surface area contributed by atoms with Crippen molar-refractivity contribution in [2.45, 2.75) is 109 Å². The fourth-order valence-electron chi connectivity index (χ4n) is 4.57. The highest BCUT2D eigenvalue weighted by atomic mass is 31.0. The highest BCUT2D eigenvalue weighted by Gasteiger charge is 2.45. The zero-order valence-electron chi connectivity index (χ0n) is 19.0. The lowest BCUT2D eigenvalue weighted by Crippen LogP contribution is -2.30. The third-order valence-electron chi connectivity index (χ3n) is 6.34. The average Bonchev–Trinajstić information content (AvgIpc) is 3.09. The number of rotatable bonds is 17. The summed E-state index contributed by atoms with van der Waals surface area (Å²) in [4.78, 5) is 23.7. The Morgan fingerprint density at radius 3 is 2.13 bits per heavy atom. The van der Waals surface area contributed by atoms with Gasteiger partial charge in [0.05, 0.1) is 12.2 Å². The van der Waals surface area contributed by atoms with Crippen LogP contribution in [0.5, 0.6) is 0 Å². The quantitative estimate of drug-likeness (QED) is 0.215. The zero-order chi connectivity index (χ0) is 23.3. The maximum Gasteiger partial charge on any atom is 0.305 e. The Bertz CT molecular complexity index is 540. The first-order valence-corrected chi connectivity index (χ1v) is 12.6. The van der Waals surface area contributed by atoms with Crippen LogP contribution < -0.4 is 5.32 Å². The monoisotopic (exact) mass is 483 g/mol. The molecule has 1 amide bonds. The fourth-order valence-corrected chi connectivity index (χ4v) is 5.19. The maximum absolute atomic E-state index is 14.1. The molecule has 9 heteroatoms. The molecule has 0 heterocycles. The van der Waals surface area contributed by atoms with Crippen LogP contribution in [0.1, 0.15) is 90.9 Å². The van der Waals surface area contributed by atoms with Gasteiger partial charge in [-0.05, 0) is 44.4 Å². The molecule has 1 aliphatic rings. The molecule has 0 spiro atoms. The first-order valence-electron chi connectivity index (χ1n) is 11.7. The summed E-state index contributed by atoms with van der Waals surface area (Å²) in [6.07, 6.45) is 6.73. The van der Waals surface area contributed by atoms with Crippen molar-refractivity contribution in [1.82, 2.24) is 5.32 Å². The number of carbonyl (C=O) groups is 2. The van der Waals surface area contributed by atoms with Gasteiger partial charge < -0.3 is 14.4 Å². The number of carbonyl (C=O) groups excluding carboxylic acids is 2. The van der Waals surface area contributed by atoms with E-state index in [1.165, 1.54) is 0 Å². The van der Waals surface area contributed by atoms with Crippen LogP contribution in [-0.4, -0.2) is 36.4 Å². The molecule has 1 fully saturated rings. The Balaban J connectivity index is 2.54. The molecule has 6 atom stereocenters. The molecule has 0 aromatic rings. The van der Waals surface area contributed by atoms with Gasteiger partial charge in [0.25, 0.3) is 0 Å². The SMILES string of the molecule is CCCCC(F)(F)C(=O)CCC1C(OP)CC(OP)C1CCCCCCC(=O)NCC. The number of ketones is 1. The number of amides is 1. The minimum Gasteiger partial charge on any atom is -0.362 e. The molecule has 1 N–H and O–H groups in total. The van der Waals surface area contributed by atoms with E-state index < -0.39 is 11.7 Å². The van der Waals surface area contributed by atoms with E-state index in [1.807, 2.05) is 13.8 Å². The number of unbranched alkanes of at least 4 members (excludes halogenated alkanes) is 4. The molecule has 6 unspecified atom stereocenters. The number of nitrogens with one attached hydrogen (secondary N) is 1. The van der Waals surface area contributed by atoms with Gasteiger partial charge in [-0.25, -0.2) is 0 Å². The minimum atomic E-state index is -3.23. The van der Waals surface area contributed by atoms with Crippen molar-refractivity contribution in [3.05, 3.63) is 0 Å². The van der Waals surface area contributed by atoms with E-state index in [9.17, 15) is 18.4 Å². The summed E-state index contributed by atoms with van der Waals surface area (Å²) in [5.41, 5.74) is 0. The minimum absolute atomic E-state index is 0.0179. The fraction of sp³-hybridized carbons (Fsp3) is 0.909. The highest BCUT2D eigenvalue weighted by Crippen LogP contribution is 2.44. The lowest BCUT2D eigenvalue weighted by molar-refractivity contribution is -0.144. The predicted molar refractivity (Wildman–Crippen MR) is 126 cm³/mol. The summed E-state index contributed by atoms with van der Waals surface area (Å²) in [6.45, 7) is 4.41. The van der Waals surface area contributed by atoms with Crippen molar-refractivity contribution in [2.24, 2.45) is 11.8 Å². The number of Topliss-reactive ketones (excluding diaryl/α,β-unsaturated/α-hetero) is 1. The second-order valence-corrected chi connectivity index (χ2v) is 9.13. The normalized spacial score (nSPS) is 23.8. The van der Waals surface area contributed by atoms with Crippen molar-refractivity contribution in [3.8, 4) is 0 Å². The smallest absolute Gasteiger partial charge is 0.305 e.